The molecule has 5 amide bonds. The van der Waals surface area contributed by atoms with E-state index < -0.39 is 78.1 Å². The first-order valence-electron chi connectivity index (χ1n) is 15.0. The van der Waals surface area contributed by atoms with Gasteiger partial charge in [0.25, 0.3) is 5.91 Å². The third kappa shape index (κ3) is 8.50. The number of urea groups is 1. The van der Waals surface area contributed by atoms with Crippen molar-refractivity contribution in [2.75, 3.05) is 13.6 Å². The predicted octanol–water partition coefficient (Wildman–Crippen LogP) is 2.58. The number of halogens is 3. The molecule has 0 bridgehead atoms. The summed E-state index contributed by atoms with van der Waals surface area (Å²) >= 11 is 0. The number of Topliss-reactive ketones (excluding diaryl/α,β-unsaturated/α-hetero) is 2. The van der Waals surface area contributed by atoms with Crippen LogP contribution in [-0.4, -0.2) is 84.2 Å². The maximum absolute atomic E-state index is 14.1. The molecule has 1 aliphatic carbocycles. The molecule has 1 saturated carbocycles. The number of carbonyl (C=O) groups excluding carboxylic acids is 6. The Bertz CT molecular complexity index is 1150. The second kappa shape index (κ2) is 13.4. The zero-order valence-corrected chi connectivity index (χ0v) is 27.3. The molecule has 0 aromatic rings. The largest absolute Gasteiger partial charge is 0.389 e. The fourth-order valence-corrected chi connectivity index (χ4v) is 5.98. The highest BCUT2D eigenvalue weighted by Gasteiger charge is 2.70. The summed E-state index contributed by atoms with van der Waals surface area (Å²) in [4.78, 5) is 79.5. The molecule has 6 atom stereocenters. The van der Waals surface area contributed by atoms with Gasteiger partial charge in [0, 0.05) is 25.9 Å². The first kappa shape index (κ1) is 37.0. The van der Waals surface area contributed by atoms with Crippen molar-refractivity contribution in [2.24, 2.45) is 34.5 Å². The number of amides is 5. The number of nitrogens with zero attached hydrogens (tertiary/aromatic N) is 1. The number of likely N-dealkylation sites (tertiary alicyclic amines) is 1. The molecule has 4 N–H and O–H groups in total. The molecule has 0 radical (unpaired) electrons. The third-order valence-corrected chi connectivity index (χ3v) is 8.78. The molecule has 0 aromatic carbocycles. The summed E-state index contributed by atoms with van der Waals surface area (Å²) in [5.74, 6) is -4.99. The van der Waals surface area contributed by atoms with Gasteiger partial charge in [-0.2, -0.15) is 13.2 Å². The molecule has 0 spiro atoms. The Morgan fingerprint density at radius 3 is 1.95 bits per heavy atom. The quantitative estimate of drug-likeness (QED) is 0.243. The lowest BCUT2D eigenvalue weighted by molar-refractivity contribution is -0.148. The van der Waals surface area contributed by atoms with E-state index in [4.69, 9.17) is 0 Å². The number of fused-ring (bicyclic) bond motifs is 1. The first-order chi connectivity index (χ1) is 19.9. The summed E-state index contributed by atoms with van der Waals surface area (Å²) in [5.41, 5.74) is -1.22. The summed E-state index contributed by atoms with van der Waals surface area (Å²) in [6.07, 6.45) is -6.89. The van der Waals surface area contributed by atoms with Crippen LogP contribution in [0.2, 0.25) is 0 Å². The van der Waals surface area contributed by atoms with Crippen LogP contribution in [-0.2, 0) is 24.0 Å². The van der Waals surface area contributed by atoms with E-state index in [1.54, 1.807) is 48.5 Å². The highest BCUT2D eigenvalue weighted by atomic mass is 19.4. The number of likely N-dealkylation sites (N-methyl/N-ethyl adjacent to an activating group) is 1. The summed E-state index contributed by atoms with van der Waals surface area (Å²) < 4.78 is 39.0. The maximum atomic E-state index is 14.1. The van der Waals surface area contributed by atoms with Gasteiger partial charge in [0.2, 0.25) is 17.6 Å². The van der Waals surface area contributed by atoms with Crippen LogP contribution in [0, 0.1) is 34.5 Å². The second-order valence-electron chi connectivity index (χ2n) is 14.2. The van der Waals surface area contributed by atoms with Crippen molar-refractivity contribution in [1.29, 1.82) is 0 Å². The lowest BCUT2D eigenvalue weighted by Gasteiger charge is -2.38. The van der Waals surface area contributed by atoms with Crippen LogP contribution < -0.4 is 21.3 Å². The lowest BCUT2D eigenvalue weighted by atomic mass is 9.85. The fourth-order valence-electron chi connectivity index (χ4n) is 5.98. The van der Waals surface area contributed by atoms with E-state index in [2.05, 4.69) is 21.3 Å². The Morgan fingerprint density at radius 1 is 0.932 bits per heavy atom. The number of piperidine rings is 1. The van der Waals surface area contributed by atoms with E-state index in [0.29, 0.717) is 0 Å². The van der Waals surface area contributed by atoms with Gasteiger partial charge in [-0.3, -0.25) is 24.0 Å². The average Bonchev–Trinajstić information content (AvgIpc) is 3.22. The highest BCUT2D eigenvalue weighted by Crippen LogP contribution is 2.65. The Hall–Kier alpha value is -3.19. The van der Waals surface area contributed by atoms with E-state index in [0.717, 1.165) is 7.05 Å². The number of rotatable bonds is 12. The van der Waals surface area contributed by atoms with Gasteiger partial charge in [-0.1, -0.05) is 62.3 Å². The van der Waals surface area contributed by atoms with E-state index in [-0.39, 0.29) is 41.4 Å². The van der Waals surface area contributed by atoms with Gasteiger partial charge in [-0.25, -0.2) is 4.79 Å². The molecule has 1 saturated heterocycles. The van der Waals surface area contributed by atoms with Crippen molar-refractivity contribution >= 4 is 35.3 Å². The molecule has 1 unspecified atom stereocenters. The van der Waals surface area contributed by atoms with E-state index in [1.165, 1.54) is 4.90 Å². The predicted molar refractivity (Wildman–Crippen MR) is 156 cm³/mol. The number of hydrogen-bond donors (Lipinski definition) is 4. The molecule has 0 aromatic heterocycles. The molecule has 1 aliphatic heterocycles. The lowest BCUT2D eigenvalue weighted by Crippen LogP contribution is -2.62. The van der Waals surface area contributed by atoms with Gasteiger partial charge in [-0.05, 0) is 35.0 Å². The number of hydrogen-bond acceptors (Lipinski definition) is 6. The third-order valence-electron chi connectivity index (χ3n) is 8.78. The topological polar surface area (TPSA) is 154 Å². The standard InChI is InChI=1S/C30H48F3N5O6/c1-14(2)19(21(39)15(3)4)36-27(44)37-23(28(5,6)7)26(43)38-13-16-18(29(16,8)9)20(38)24(41)35-17(11-12-30(31,32)33)22(40)25(42)34-10/h14-20,23H,11-13H2,1-10H3,(H,34,42)(H,35,41)(H2,36,37,44)/t16-,17?,18-,19-,20-,23+/m0/s1. The van der Waals surface area contributed by atoms with Crippen molar-refractivity contribution in [1.82, 2.24) is 26.2 Å². The zero-order valence-electron chi connectivity index (χ0n) is 27.3. The van der Waals surface area contributed by atoms with Crippen LogP contribution in [0.15, 0.2) is 0 Å². The van der Waals surface area contributed by atoms with Crippen LogP contribution in [0.3, 0.4) is 0 Å². The molecule has 44 heavy (non-hydrogen) atoms. The molecule has 11 nitrogen and oxygen atoms in total. The van der Waals surface area contributed by atoms with Crippen molar-refractivity contribution in [3.8, 4) is 0 Å². The summed E-state index contributed by atoms with van der Waals surface area (Å²) in [5, 5.41) is 9.76. The van der Waals surface area contributed by atoms with Gasteiger partial charge in [0.15, 0.2) is 5.78 Å². The van der Waals surface area contributed by atoms with Gasteiger partial charge in [-0.15, -0.1) is 0 Å². The Kier molecular flexibility index (Phi) is 11.3. The Balaban J connectivity index is 2.36. The van der Waals surface area contributed by atoms with Crippen LogP contribution in [0.4, 0.5) is 18.0 Å². The average molecular weight is 632 g/mol. The Labute approximate surface area is 257 Å². The zero-order chi connectivity index (χ0) is 34.1. The minimum Gasteiger partial charge on any atom is -0.353 e. The molecule has 14 heteroatoms. The number of carbonyl (C=O) groups is 6. The SMILES string of the molecule is CNC(=O)C(=O)C(CCC(F)(F)F)NC(=O)[C@@H]1[C@@H]2[C@H](CN1C(=O)[C@@H](NC(=O)N[C@H](C(=O)C(C)C)C(C)C)C(C)(C)C)C2(C)C. The second-order valence-corrected chi connectivity index (χ2v) is 14.2. The normalized spacial score (nSPS) is 22.9. The number of ketones is 2. The van der Waals surface area contributed by atoms with Crippen molar-refractivity contribution < 1.29 is 41.9 Å². The molecule has 2 rings (SSSR count). The molecular weight excluding hydrogens is 583 g/mol. The van der Waals surface area contributed by atoms with Crippen LogP contribution in [0.25, 0.3) is 0 Å². The summed E-state index contributed by atoms with van der Waals surface area (Å²) in [6.45, 7) is 16.2. The molecule has 2 fully saturated rings. The number of alkyl halides is 3. The first-order valence-corrected chi connectivity index (χ1v) is 15.0. The fraction of sp³-hybridized carbons (Fsp3) is 0.800. The smallest absolute Gasteiger partial charge is 0.353 e. The van der Waals surface area contributed by atoms with E-state index in [1.807, 2.05) is 13.8 Å². The molecule has 250 valence electrons. The van der Waals surface area contributed by atoms with Crippen molar-refractivity contribution in [3.63, 3.8) is 0 Å². The van der Waals surface area contributed by atoms with Crippen LogP contribution in [0.5, 0.6) is 0 Å². The minimum absolute atomic E-state index is 0.103. The summed E-state index contributed by atoms with van der Waals surface area (Å²) in [6, 6.07) is -5.57. The van der Waals surface area contributed by atoms with Crippen LogP contribution >= 0.6 is 0 Å². The molecular formula is C30H48F3N5O6. The van der Waals surface area contributed by atoms with E-state index >= 15 is 0 Å². The van der Waals surface area contributed by atoms with Crippen molar-refractivity contribution in [3.05, 3.63) is 0 Å². The van der Waals surface area contributed by atoms with Gasteiger partial charge < -0.3 is 26.2 Å². The maximum Gasteiger partial charge on any atom is 0.389 e. The van der Waals surface area contributed by atoms with Crippen LogP contribution in [0.1, 0.15) is 75.2 Å². The van der Waals surface area contributed by atoms with E-state index in [9.17, 15) is 41.9 Å². The highest BCUT2D eigenvalue weighted by molar-refractivity contribution is 6.38. The van der Waals surface area contributed by atoms with Gasteiger partial charge >= 0.3 is 12.2 Å². The van der Waals surface area contributed by atoms with Gasteiger partial charge in [0.1, 0.15) is 12.1 Å². The molecule has 1 heterocycles. The molecule has 2 aliphatic rings. The summed E-state index contributed by atoms with van der Waals surface area (Å²) in [7, 11) is 1.15. The Morgan fingerprint density at radius 2 is 1.50 bits per heavy atom. The monoisotopic (exact) mass is 631 g/mol. The van der Waals surface area contributed by atoms with Crippen molar-refractivity contribution in [2.45, 2.75) is 105 Å². The minimum atomic E-state index is -4.63. The number of nitrogens with one attached hydrogen (secondary N) is 4. The van der Waals surface area contributed by atoms with Gasteiger partial charge in [0.05, 0.1) is 12.1 Å².